The Morgan fingerprint density at radius 2 is 1.70 bits per heavy atom. The Hall–Kier alpha value is -4.66. The highest BCUT2D eigenvalue weighted by molar-refractivity contribution is 5.90. The molecular weight excluding hydrogens is 502 g/mol. The minimum Gasteiger partial charge on any atom is -0.368 e. The van der Waals surface area contributed by atoms with Crippen molar-refractivity contribution in [3.63, 3.8) is 0 Å². The number of para-hydroxylation sites is 1. The third-order valence-electron chi connectivity index (χ3n) is 7.50. The molecule has 0 aliphatic carbocycles. The molecule has 3 heterocycles. The van der Waals surface area contributed by atoms with Gasteiger partial charge in [0.25, 0.3) is 5.56 Å². The van der Waals surface area contributed by atoms with Crippen LogP contribution < -0.4 is 20.7 Å². The largest absolute Gasteiger partial charge is 0.368 e. The molecule has 1 fully saturated rings. The molecule has 2 aromatic carbocycles. The second-order valence-corrected chi connectivity index (χ2v) is 10.1. The Labute approximate surface area is 234 Å². The molecule has 4 aromatic rings. The monoisotopic (exact) mass is 537 g/mol. The lowest BCUT2D eigenvalue weighted by Gasteiger charge is -2.37. The molecule has 1 aliphatic rings. The summed E-state index contributed by atoms with van der Waals surface area (Å²) in [6.45, 7) is 6.94. The van der Waals surface area contributed by atoms with Crippen molar-refractivity contribution in [2.75, 3.05) is 54.9 Å². The van der Waals surface area contributed by atoms with E-state index < -0.39 is 0 Å². The van der Waals surface area contributed by atoms with Crippen LogP contribution in [0.4, 0.5) is 21.9 Å². The highest BCUT2D eigenvalue weighted by Crippen LogP contribution is 2.27. The number of piperazine rings is 1. The fraction of sp³-hybridized carbons (Fsp3) is 0.290. The molecule has 9 heteroatoms. The van der Waals surface area contributed by atoms with Gasteiger partial charge in [0, 0.05) is 63.8 Å². The first-order valence-electron chi connectivity index (χ1n) is 13.6. The number of carbonyl (C=O) groups is 1. The molecule has 2 aromatic heterocycles. The number of hydrogen-bond donors (Lipinski definition) is 1. The van der Waals surface area contributed by atoms with Gasteiger partial charge < -0.3 is 20.0 Å². The van der Waals surface area contributed by atoms with Crippen molar-refractivity contribution in [2.24, 2.45) is 0 Å². The summed E-state index contributed by atoms with van der Waals surface area (Å²) >= 11 is 0. The van der Waals surface area contributed by atoms with Crippen molar-refractivity contribution in [1.29, 1.82) is 0 Å². The Morgan fingerprint density at radius 1 is 0.950 bits per heavy atom. The number of amides is 2. The Bertz CT molecular complexity index is 1510. The number of aryl methyl sites for hydroxylation is 1. The quantitative estimate of drug-likeness (QED) is 0.379. The molecular formula is C31H35N7O2. The van der Waals surface area contributed by atoms with Gasteiger partial charge in [-0.05, 0) is 55.3 Å². The zero-order valence-corrected chi connectivity index (χ0v) is 23.2. The first-order valence-corrected chi connectivity index (χ1v) is 13.6. The highest BCUT2D eigenvalue weighted by atomic mass is 16.2. The topological polar surface area (TPSA) is 86.6 Å². The van der Waals surface area contributed by atoms with Crippen molar-refractivity contribution < 1.29 is 4.79 Å². The molecule has 5 rings (SSSR count). The fourth-order valence-corrected chi connectivity index (χ4v) is 4.95. The molecule has 2 amide bonds. The van der Waals surface area contributed by atoms with Gasteiger partial charge in [-0.3, -0.25) is 9.78 Å². The third-order valence-corrected chi connectivity index (χ3v) is 7.50. The van der Waals surface area contributed by atoms with Crippen LogP contribution in [-0.2, 0) is 6.42 Å². The molecule has 0 atom stereocenters. The summed E-state index contributed by atoms with van der Waals surface area (Å²) in [6, 6.07) is 21.1. The average molecular weight is 538 g/mol. The number of hydrogen-bond acceptors (Lipinski definition) is 6. The maximum Gasteiger partial charge on any atom is 0.321 e. The number of benzene rings is 2. The molecule has 1 saturated heterocycles. The van der Waals surface area contributed by atoms with Crippen LogP contribution in [0.25, 0.3) is 5.69 Å². The summed E-state index contributed by atoms with van der Waals surface area (Å²) < 4.78 is 1.45. The van der Waals surface area contributed by atoms with Gasteiger partial charge in [0.2, 0.25) is 0 Å². The maximum absolute atomic E-state index is 13.9. The van der Waals surface area contributed by atoms with E-state index in [1.54, 1.807) is 12.4 Å². The summed E-state index contributed by atoms with van der Waals surface area (Å²) in [4.78, 5) is 37.3. The normalized spacial score (nSPS) is 13.3. The SMILES string of the molecule is Cc1cccc(NC(=O)N2CCN(c3cnn(-c4ccccc4)c(=O)c3N(C)CCc3ccccn3)CC2)c1C. The van der Waals surface area contributed by atoms with E-state index in [4.69, 9.17) is 0 Å². The Balaban J connectivity index is 1.36. The van der Waals surface area contributed by atoms with E-state index >= 15 is 0 Å². The number of anilines is 3. The minimum absolute atomic E-state index is 0.112. The molecule has 0 bridgehead atoms. The summed E-state index contributed by atoms with van der Waals surface area (Å²) in [5.41, 5.74) is 5.90. The van der Waals surface area contributed by atoms with Crippen LogP contribution in [0.1, 0.15) is 16.8 Å². The van der Waals surface area contributed by atoms with Crippen LogP contribution in [0.3, 0.4) is 0 Å². The Morgan fingerprint density at radius 3 is 2.42 bits per heavy atom. The van der Waals surface area contributed by atoms with E-state index in [-0.39, 0.29) is 11.6 Å². The molecule has 0 spiro atoms. The van der Waals surface area contributed by atoms with Crippen LogP contribution in [0.2, 0.25) is 0 Å². The number of carbonyl (C=O) groups excluding carboxylic acids is 1. The fourth-order valence-electron chi connectivity index (χ4n) is 4.95. The van der Waals surface area contributed by atoms with E-state index in [1.165, 1.54) is 4.68 Å². The van der Waals surface area contributed by atoms with Crippen molar-refractivity contribution in [1.82, 2.24) is 19.7 Å². The number of likely N-dealkylation sites (N-methyl/N-ethyl adjacent to an activating group) is 1. The third kappa shape index (κ3) is 5.83. The lowest BCUT2D eigenvalue weighted by Crippen LogP contribution is -2.51. The Kier molecular flexibility index (Phi) is 8.10. The molecule has 1 aliphatic heterocycles. The van der Waals surface area contributed by atoms with E-state index in [9.17, 15) is 9.59 Å². The lowest BCUT2D eigenvalue weighted by molar-refractivity contribution is 0.208. The van der Waals surface area contributed by atoms with E-state index in [0.717, 1.165) is 28.2 Å². The number of nitrogens with one attached hydrogen (secondary N) is 1. The van der Waals surface area contributed by atoms with Crippen LogP contribution in [0.5, 0.6) is 0 Å². The number of urea groups is 1. The summed E-state index contributed by atoms with van der Waals surface area (Å²) in [5, 5.41) is 7.60. The number of pyridine rings is 1. The van der Waals surface area contributed by atoms with Crippen molar-refractivity contribution in [2.45, 2.75) is 20.3 Å². The molecule has 40 heavy (non-hydrogen) atoms. The van der Waals surface area contributed by atoms with E-state index in [2.05, 4.69) is 20.3 Å². The summed E-state index contributed by atoms with van der Waals surface area (Å²) in [5.74, 6) is 0. The first-order chi connectivity index (χ1) is 19.4. The van der Waals surface area contributed by atoms with Crippen LogP contribution in [-0.4, -0.2) is 65.5 Å². The van der Waals surface area contributed by atoms with E-state index in [1.807, 2.05) is 97.4 Å². The smallest absolute Gasteiger partial charge is 0.321 e. The zero-order chi connectivity index (χ0) is 28.1. The maximum atomic E-state index is 13.9. The molecule has 1 N–H and O–H groups in total. The van der Waals surface area contributed by atoms with Gasteiger partial charge in [0.05, 0.1) is 17.6 Å². The summed E-state index contributed by atoms with van der Waals surface area (Å²) in [7, 11) is 1.94. The molecule has 9 nitrogen and oxygen atoms in total. The van der Waals surface area contributed by atoms with Crippen LogP contribution in [0.15, 0.2) is 83.9 Å². The van der Waals surface area contributed by atoms with Gasteiger partial charge in [-0.2, -0.15) is 9.78 Å². The van der Waals surface area contributed by atoms with Crippen molar-refractivity contribution >= 4 is 23.1 Å². The lowest BCUT2D eigenvalue weighted by atomic mass is 10.1. The predicted octanol–water partition coefficient (Wildman–Crippen LogP) is 4.28. The van der Waals surface area contributed by atoms with Gasteiger partial charge in [-0.25, -0.2) is 4.79 Å². The number of rotatable bonds is 7. The number of aromatic nitrogens is 3. The zero-order valence-electron chi connectivity index (χ0n) is 23.2. The van der Waals surface area contributed by atoms with Gasteiger partial charge >= 0.3 is 6.03 Å². The van der Waals surface area contributed by atoms with E-state index in [0.29, 0.717) is 50.5 Å². The van der Waals surface area contributed by atoms with Gasteiger partial charge in [0.1, 0.15) is 5.69 Å². The predicted molar refractivity (Wildman–Crippen MR) is 160 cm³/mol. The molecule has 0 radical (unpaired) electrons. The second-order valence-electron chi connectivity index (χ2n) is 10.1. The molecule has 206 valence electrons. The molecule has 0 unspecified atom stereocenters. The summed E-state index contributed by atoms with van der Waals surface area (Å²) in [6.07, 6.45) is 4.26. The van der Waals surface area contributed by atoms with Gasteiger partial charge in [0.15, 0.2) is 0 Å². The van der Waals surface area contributed by atoms with Crippen molar-refractivity contribution in [3.05, 3.63) is 106 Å². The van der Waals surface area contributed by atoms with Gasteiger partial charge in [-0.1, -0.05) is 36.4 Å². The average Bonchev–Trinajstić information content (AvgIpc) is 2.99. The highest BCUT2D eigenvalue weighted by Gasteiger charge is 2.26. The number of nitrogens with zero attached hydrogens (tertiary/aromatic N) is 6. The van der Waals surface area contributed by atoms with Gasteiger partial charge in [-0.15, -0.1) is 0 Å². The van der Waals surface area contributed by atoms with Crippen LogP contribution in [0, 0.1) is 13.8 Å². The standard InChI is InChI=1S/C31H35N7O2/c1-23-10-9-14-27(24(23)2)34-31(40)37-20-18-36(19-21-37)28-22-33-38(26-12-5-4-6-13-26)30(39)29(28)35(3)17-15-25-11-7-8-16-32-25/h4-14,16,22H,15,17-21H2,1-3H3,(H,34,40). The second kappa shape index (κ2) is 12.0. The van der Waals surface area contributed by atoms with Crippen molar-refractivity contribution in [3.8, 4) is 5.69 Å². The van der Waals surface area contributed by atoms with Crippen LogP contribution >= 0.6 is 0 Å². The minimum atomic E-state index is -0.178. The molecule has 0 saturated carbocycles. The first kappa shape index (κ1) is 26.9.